The van der Waals surface area contributed by atoms with Crippen LogP contribution in [0.4, 0.5) is 0 Å². The van der Waals surface area contributed by atoms with E-state index in [0.29, 0.717) is 0 Å². The molecule has 0 saturated carbocycles. The van der Waals surface area contributed by atoms with E-state index < -0.39 is 0 Å². The van der Waals surface area contributed by atoms with Gasteiger partial charge in [0.1, 0.15) is 0 Å². The van der Waals surface area contributed by atoms with Crippen LogP contribution in [0, 0.1) is 0 Å². The highest BCUT2D eigenvalue weighted by molar-refractivity contribution is 6.17. The number of rotatable bonds is 19. The largest absolute Gasteiger partial charge is 0.487 e. The van der Waals surface area contributed by atoms with Gasteiger partial charge in [0, 0.05) is 31.2 Å². The summed E-state index contributed by atoms with van der Waals surface area (Å²) < 4.78 is 10.8. The van der Waals surface area contributed by atoms with Gasteiger partial charge in [-0.3, -0.25) is 0 Å². The highest BCUT2D eigenvalue weighted by Gasteiger charge is 2.19. The summed E-state index contributed by atoms with van der Waals surface area (Å²) in [4.78, 5) is 2.25. The molecule has 4 heteroatoms. The molecule has 1 saturated heterocycles. The van der Waals surface area contributed by atoms with Gasteiger partial charge in [0.25, 0.3) is 0 Å². The van der Waals surface area contributed by atoms with Gasteiger partial charge in [-0.15, -0.1) is 0 Å². The minimum atomic E-state index is 0.780. The van der Waals surface area contributed by atoms with Crippen LogP contribution in [-0.2, 0) is 9.31 Å². The third kappa shape index (κ3) is 12.5. The van der Waals surface area contributed by atoms with Crippen LogP contribution in [0.3, 0.4) is 0 Å². The van der Waals surface area contributed by atoms with Crippen molar-refractivity contribution in [3.05, 3.63) is 36.7 Å². The zero-order chi connectivity index (χ0) is 20.5. The lowest BCUT2D eigenvalue weighted by molar-refractivity contribution is 0.213. The maximum absolute atomic E-state index is 5.41. The fourth-order valence-electron chi connectivity index (χ4n) is 3.51. The highest BCUT2D eigenvalue weighted by atomic mass is 16.6. The first kappa shape index (κ1) is 25.0. The second-order valence-corrected chi connectivity index (χ2v) is 8.09. The van der Waals surface area contributed by atoms with E-state index in [2.05, 4.69) is 31.6 Å². The molecule has 1 aliphatic rings. The minimum Gasteiger partial charge on any atom is -0.413 e. The van der Waals surface area contributed by atoms with E-state index in [-0.39, 0.29) is 0 Å². The predicted octanol–water partition coefficient (Wildman–Crippen LogP) is 6.93. The summed E-state index contributed by atoms with van der Waals surface area (Å²) in [7, 11) is 1.53. The molecular weight excluding hydrogens is 345 g/mol. The third-order valence-corrected chi connectivity index (χ3v) is 5.39. The van der Waals surface area contributed by atoms with E-state index in [1.807, 2.05) is 0 Å². The van der Waals surface area contributed by atoms with Crippen LogP contribution < -0.4 is 0 Å². The van der Waals surface area contributed by atoms with E-state index in [4.69, 9.17) is 9.31 Å². The van der Waals surface area contributed by atoms with Crippen molar-refractivity contribution >= 4 is 7.69 Å². The van der Waals surface area contributed by atoms with Gasteiger partial charge >= 0.3 is 7.69 Å². The van der Waals surface area contributed by atoms with Crippen molar-refractivity contribution in [3.8, 4) is 0 Å². The van der Waals surface area contributed by atoms with Crippen molar-refractivity contribution in [2.75, 3.05) is 19.8 Å². The molecule has 1 radical (unpaired) electrons. The first-order chi connectivity index (χ1) is 13.6. The fourth-order valence-corrected chi connectivity index (χ4v) is 3.51. The van der Waals surface area contributed by atoms with Crippen molar-refractivity contribution in [3.63, 3.8) is 0 Å². The molecule has 1 heterocycles. The monoisotopic (exact) mass is 388 g/mol. The Hall–Kier alpha value is -0.995. The van der Waals surface area contributed by atoms with Crippen LogP contribution >= 0.6 is 0 Å². The minimum absolute atomic E-state index is 0.780. The van der Waals surface area contributed by atoms with Gasteiger partial charge in [-0.2, -0.15) is 0 Å². The standard InChI is InChI=1S/C24H43BNO2/c1-5-6-7-14-19-27-25-28-20-15-12-10-8-9-11-13-16-22(2)21-26-23(3)17-18-24(26)4/h2-21H2,1H3. The summed E-state index contributed by atoms with van der Waals surface area (Å²) in [5, 5.41) is 0. The van der Waals surface area contributed by atoms with Crippen LogP contribution in [0.2, 0.25) is 0 Å². The molecule has 28 heavy (non-hydrogen) atoms. The summed E-state index contributed by atoms with van der Waals surface area (Å²) in [5.74, 6) is 0. The molecule has 0 unspecified atom stereocenters. The summed E-state index contributed by atoms with van der Waals surface area (Å²) in [6.45, 7) is 17.2. The molecule has 1 rings (SSSR count). The van der Waals surface area contributed by atoms with Gasteiger partial charge in [-0.25, -0.2) is 0 Å². The molecule has 0 atom stereocenters. The maximum Gasteiger partial charge on any atom is 0.487 e. The van der Waals surface area contributed by atoms with Crippen molar-refractivity contribution < 1.29 is 9.31 Å². The first-order valence-electron chi connectivity index (χ1n) is 11.5. The van der Waals surface area contributed by atoms with Crippen molar-refractivity contribution in [2.24, 2.45) is 0 Å². The van der Waals surface area contributed by atoms with Crippen LogP contribution in [-0.4, -0.2) is 32.3 Å². The van der Waals surface area contributed by atoms with Crippen LogP contribution in [0.1, 0.15) is 96.8 Å². The average Bonchev–Trinajstić information content (AvgIpc) is 2.99. The molecule has 0 N–H and O–H groups in total. The Morgan fingerprint density at radius 2 is 1.32 bits per heavy atom. The second-order valence-electron chi connectivity index (χ2n) is 8.09. The van der Waals surface area contributed by atoms with Crippen LogP contribution in [0.15, 0.2) is 36.7 Å². The lowest BCUT2D eigenvalue weighted by atomic mass is 10.0. The molecular formula is C24H43BNO2. The molecule has 1 fully saturated rings. The SMILES string of the molecule is C=C(CCCCCCCCCO[B]OCCCCCC)CN1C(=C)CCC1=C. The molecule has 0 aromatic rings. The zero-order valence-corrected chi connectivity index (χ0v) is 18.5. The highest BCUT2D eigenvalue weighted by Crippen LogP contribution is 2.29. The molecule has 0 aromatic heterocycles. The smallest absolute Gasteiger partial charge is 0.413 e. The Bertz CT molecular complexity index is 434. The van der Waals surface area contributed by atoms with E-state index in [1.54, 1.807) is 0 Å². The van der Waals surface area contributed by atoms with Crippen molar-refractivity contribution in [1.29, 1.82) is 0 Å². The molecule has 159 valence electrons. The lowest BCUT2D eigenvalue weighted by Crippen LogP contribution is -2.17. The average molecular weight is 388 g/mol. The summed E-state index contributed by atoms with van der Waals surface area (Å²) in [5.41, 5.74) is 3.71. The van der Waals surface area contributed by atoms with Crippen molar-refractivity contribution in [1.82, 2.24) is 4.90 Å². The van der Waals surface area contributed by atoms with E-state index in [1.165, 1.54) is 82.4 Å². The Kier molecular flexibility index (Phi) is 15.1. The van der Waals surface area contributed by atoms with Gasteiger partial charge in [0.15, 0.2) is 0 Å². The predicted molar refractivity (Wildman–Crippen MR) is 122 cm³/mol. The van der Waals surface area contributed by atoms with Crippen LogP contribution in [0.25, 0.3) is 0 Å². The van der Waals surface area contributed by atoms with Gasteiger partial charge in [-0.1, -0.05) is 83.6 Å². The Morgan fingerprint density at radius 3 is 1.89 bits per heavy atom. The summed E-state index contributed by atoms with van der Waals surface area (Å²) in [6, 6.07) is 0. The zero-order valence-electron chi connectivity index (χ0n) is 18.5. The van der Waals surface area contributed by atoms with Gasteiger partial charge < -0.3 is 14.2 Å². The van der Waals surface area contributed by atoms with Gasteiger partial charge in [0.2, 0.25) is 0 Å². The lowest BCUT2D eigenvalue weighted by Gasteiger charge is -2.22. The number of nitrogens with zero attached hydrogens (tertiary/aromatic N) is 1. The van der Waals surface area contributed by atoms with Crippen LogP contribution in [0.5, 0.6) is 0 Å². The summed E-state index contributed by atoms with van der Waals surface area (Å²) >= 11 is 0. The Balaban J connectivity index is 1.79. The van der Waals surface area contributed by atoms with E-state index in [0.717, 1.165) is 51.9 Å². The van der Waals surface area contributed by atoms with Gasteiger partial charge in [0.05, 0.1) is 0 Å². The second kappa shape index (κ2) is 16.9. The molecule has 0 aromatic carbocycles. The molecule has 0 bridgehead atoms. The quantitative estimate of drug-likeness (QED) is 0.136. The van der Waals surface area contributed by atoms with E-state index in [9.17, 15) is 0 Å². The van der Waals surface area contributed by atoms with Gasteiger partial charge in [-0.05, 0) is 38.5 Å². The number of allylic oxidation sites excluding steroid dienone is 2. The maximum atomic E-state index is 5.41. The number of hydrogen-bond acceptors (Lipinski definition) is 3. The number of likely N-dealkylation sites (tertiary alicyclic amines) is 1. The topological polar surface area (TPSA) is 21.7 Å². The number of unbranched alkanes of at least 4 members (excludes halogenated alkanes) is 9. The molecule has 0 amide bonds. The molecule has 1 aliphatic heterocycles. The molecule has 3 nitrogen and oxygen atoms in total. The number of hydrogen-bond donors (Lipinski definition) is 0. The first-order valence-corrected chi connectivity index (χ1v) is 11.5. The Morgan fingerprint density at radius 1 is 0.821 bits per heavy atom. The van der Waals surface area contributed by atoms with Crippen molar-refractivity contribution in [2.45, 2.75) is 96.8 Å². The van der Waals surface area contributed by atoms with E-state index >= 15 is 0 Å². The molecule has 0 spiro atoms. The molecule has 0 aliphatic carbocycles. The third-order valence-electron chi connectivity index (χ3n) is 5.39. The fraction of sp³-hybridized carbons (Fsp3) is 0.750. The Labute approximate surface area is 175 Å². The normalized spacial score (nSPS) is 14.1. The summed E-state index contributed by atoms with van der Waals surface area (Å²) in [6.07, 6.45) is 17.0.